The van der Waals surface area contributed by atoms with E-state index < -0.39 is 0 Å². The summed E-state index contributed by atoms with van der Waals surface area (Å²) in [7, 11) is 0. The first-order valence-electron chi connectivity index (χ1n) is 5.91. The molecule has 0 atom stereocenters. The van der Waals surface area contributed by atoms with E-state index in [1.54, 1.807) is 0 Å². The molecule has 0 aliphatic rings. The lowest BCUT2D eigenvalue weighted by molar-refractivity contribution is 1.09. The van der Waals surface area contributed by atoms with Crippen LogP contribution in [0.15, 0.2) is 13.2 Å². The molecule has 0 fully saturated rings. The summed E-state index contributed by atoms with van der Waals surface area (Å²) in [5.74, 6) is 0. The van der Waals surface area contributed by atoms with Crippen LogP contribution in [-0.2, 0) is 0 Å². The fourth-order valence-electron chi connectivity index (χ4n) is 0. The molecule has 0 saturated carbocycles. The van der Waals surface area contributed by atoms with Gasteiger partial charge in [0.2, 0.25) is 0 Å². The van der Waals surface area contributed by atoms with Crippen LogP contribution in [0.25, 0.3) is 0 Å². The normalized spacial score (nSPS) is 3.54. The molecule has 0 aliphatic heterocycles. The summed E-state index contributed by atoms with van der Waals surface area (Å²) >= 11 is 0. The Morgan fingerprint density at radius 1 is 0.538 bits per heavy atom. The highest BCUT2D eigenvalue weighted by Gasteiger charge is 1.35. The lowest BCUT2D eigenvalue weighted by Gasteiger charge is -1.48. The molecule has 13 heavy (non-hydrogen) atoms. The zero-order chi connectivity index (χ0) is 12.7. The van der Waals surface area contributed by atoms with E-state index in [0.29, 0.717) is 0 Å². The molecule has 0 radical (unpaired) electrons. The van der Waals surface area contributed by atoms with Crippen LogP contribution in [0.3, 0.4) is 0 Å². The van der Waals surface area contributed by atoms with E-state index >= 15 is 0 Å². The average Bonchev–Trinajstić information content (AvgIpc) is 2.32. The minimum absolute atomic E-state index is 1.25. The first kappa shape index (κ1) is 38.7. The average molecular weight is 192 g/mol. The Morgan fingerprint density at radius 2 is 0.538 bits per heavy atom. The first-order valence-corrected chi connectivity index (χ1v) is 5.91. The minimum atomic E-state index is 1.25. The van der Waals surface area contributed by atoms with Crippen LogP contribution in [0.2, 0.25) is 0 Å². The largest absolute Gasteiger partial charge is 0.106 e. The molecule has 0 bridgehead atoms. The SMILES string of the molecule is C=C.CC.CC.CC.CC.CCC. The molecule has 0 nitrogen and oxygen atoms in total. The molecule has 0 aromatic rings. The molecule has 0 aliphatic carbocycles. The van der Waals surface area contributed by atoms with Crippen molar-refractivity contribution in [3.05, 3.63) is 13.2 Å². The van der Waals surface area contributed by atoms with Crippen LogP contribution >= 0.6 is 0 Å². The second-order valence-corrected chi connectivity index (χ2v) is 0.707. The molecular weight excluding hydrogens is 156 g/mol. The van der Waals surface area contributed by atoms with Gasteiger partial charge < -0.3 is 0 Å². The van der Waals surface area contributed by atoms with Gasteiger partial charge in [-0.2, -0.15) is 0 Å². The Balaban J connectivity index is -0.0000000115. The molecule has 0 heterocycles. The van der Waals surface area contributed by atoms with E-state index in [1.807, 2.05) is 55.4 Å². The summed E-state index contributed by atoms with van der Waals surface area (Å²) < 4.78 is 0. The second-order valence-electron chi connectivity index (χ2n) is 0.707. The van der Waals surface area contributed by atoms with Crippen LogP contribution in [0, 0.1) is 0 Å². The lowest BCUT2D eigenvalue weighted by Crippen LogP contribution is -1.27. The third-order valence-corrected chi connectivity index (χ3v) is 0. The molecule has 88 valence electrons. The Morgan fingerprint density at radius 3 is 0.538 bits per heavy atom. The molecule has 0 N–H and O–H groups in total. The van der Waals surface area contributed by atoms with E-state index in [2.05, 4.69) is 27.0 Å². The van der Waals surface area contributed by atoms with Crippen molar-refractivity contribution < 1.29 is 0 Å². The summed E-state index contributed by atoms with van der Waals surface area (Å²) in [6.45, 7) is 26.2. The number of rotatable bonds is 0. The van der Waals surface area contributed by atoms with Crippen molar-refractivity contribution in [2.75, 3.05) is 0 Å². The maximum Gasteiger partial charge on any atom is -0.0590 e. The molecular formula is C13H36. The standard InChI is InChI=1S/C3H8.4C2H6.C2H4/c1-3-2;5*1-2/h3H2,1-2H3;4*1-2H3;1-2H2. The van der Waals surface area contributed by atoms with Crippen LogP contribution in [0.5, 0.6) is 0 Å². The van der Waals surface area contributed by atoms with Gasteiger partial charge in [0.15, 0.2) is 0 Å². The zero-order valence-corrected chi connectivity index (χ0v) is 12.1. The van der Waals surface area contributed by atoms with Gasteiger partial charge in [-0.1, -0.05) is 75.7 Å². The van der Waals surface area contributed by atoms with Gasteiger partial charge in [0.25, 0.3) is 0 Å². The quantitative estimate of drug-likeness (QED) is 0.394. The summed E-state index contributed by atoms with van der Waals surface area (Å²) in [6.07, 6.45) is 1.25. The van der Waals surface area contributed by atoms with Crippen LogP contribution < -0.4 is 0 Å². The Kier molecular flexibility index (Phi) is 7350. The Labute approximate surface area is 89.5 Å². The van der Waals surface area contributed by atoms with Crippen molar-refractivity contribution >= 4 is 0 Å². The molecule has 0 amide bonds. The Bertz CT molecular complexity index is 4.00. The third kappa shape index (κ3) is 16500. The van der Waals surface area contributed by atoms with Gasteiger partial charge in [-0.15, -0.1) is 13.2 Å². The Hall–Kier alpha value is -0.260. The minimum Gasteiger partial charge on any atom is -0.106 e. The van der Waals surface area contributed by atoms with Gasteiger partial charge >= 0.3 is 0 Å². The molecule has 0 unspecified atom stereocenters. The maximum atomic E-state index is 3.00. The van der Waals surface area contributed by atoms with Gasteiger partial charge in [0.05, 0.1) is 0 Å². The van der Waals surface area contributed by atoms with Gasteiger partial charge in [-0.05, 0) is 0 Å². The van der Waals surface area contributed by atoms with Gasteiger partial charge in [0, 0.05) is 0 Å². The topological polar surface area (TPSA) is 0 Å². The summed E-state index contributed by atoms with van der Waals surface area (Å²) in [5, 5.41) is 0. The van der Waals surface area contributed by atoms with Gasteiger partial charge in [-0.25, -0.2) is 0 Å². The fraction of sp³-hybridized carbons (Fsp3) is 0.846. The monoisotopic (exact) mass is 192 g/mol. The highest BCUT2D eigenvalue weighted by atomic mass is 13.4. The smallest absolute Gasteiger partial charge is 0.0590 e. The predicted molar refractivity (Wildman–Crippen MR) is 72.6 cm³/mol. The summed E-state index contributed by atoms with van der Waals surface area (Å²) in [6, 6.07) is 0. The van der Waals surface area contributed by atoms with Crippen LogP contribution in [0.1, 0.15) is 75.7 Å². The summed E-state index contributed by atoms with van der Waals surface area (Å²) in [5.41, 5.74) is 0. The molecule has 0 aromatic carbocycles. The van der Waals surface area contributed by atoms with E-state index in [4.69, 9.17) is 0 Å². The highest BCUT2D eigenvalue weighted by Crippen LogP contribution is 1.56. The highest BCUT2D eigenvalue weighted by molar-refractivity contribution is 4.22. The van der Waals surface area contributed by atoms with E-state index in [-0.39, 0.29) is 0 Å². The summed E-state index contributed by atoms with van der Waals surface area (Å²) in [4.78, 5) is 0. The number of hydrogen-bond acceptors (Lipinski definition) is 0. The zero-order valence-electron chi connectivity index (χ0n) is 12.1. The molecule has 0 saturated heterocycles. The third-order valence-electron chi connectivity index (χ3n) is 0. The van der Waals surface area contributed by atoms with Gasteiger partial charge in [-0.3, -0.25) is 0 Å². The van der Waals surface area contributed by atoms with E-state index in [0.717, 1.165) is 0 Å². The molecule has 0 aromatic heterocycles. The molecule has 0 rings (SSSR count). The van der Waals surface area contributed by atoms with Crippen molar-refractivity contribution in [1.82, 2.24) is 0 Å². The van der Waals surface area contributed by atoms with Crippen molar-refractivity contribution in [2.45, 2.75) is 75.7 Å². The van der Waals surface area contributed by atoms with E-state index in [1.165, 1.54) is 6.42 Å². The van der Waals surface area contributed by atoms with Crippen molar-refractivity contribution in [3.8, 4) is 0 Å². The van der Waals surface area contributed by atoms with Crippen LogP contribution in [0.4, 0.5) is 0 Å². The second kappa shape index (κ2) is 2470. The van der Waals surface area contributed by atoms with Crippen molar-refractivity contribution in [2.24, 2.45) is 0 Å². The predicted octanol–water partition coefficient (Wildman–Crippen LogP) is 6.32. The van der Waals surface area contributed by atoms with E-state index in [9.17, 15) is 0 Å². The first-order chi connectivity index (χ1) is 6.41. The van der Waals surface area contributed by atoms with Gasteiger partial charge in [0.1, 0.15) is 0 Å². The van der Waals surface area contributed by atoms with Crippen molar-refractivity contribution in [3.63, 3.8) is 0 Å². The van der Waals surface area contributed by atoms with Crippen molar-refractivity contribution in [1.29, 1.82) is 0 Å². The van der Waals surface area contributed by atoms with Crippen LogP contribution in [-0.4, -0.2) is 0 Å². The lowest BCUT2D eigenvalue weighted by atomic mass is 10.6. The molecule has 0 heteroatoms. The molecule has 0 spiro atoms. The number of hydrogen-bond donors (Lipinski definition) is 0. The fourth-order valence-corrected chi connectivity index (χ4v) is 0. The maximum absolute atomic E-state index is 3.00.